The quantitative estimate of drug-likeness (QED) is 0.504. The zero-order valence-electron chi connectivity index (χ0n) is 11.3. The predicted octanol–water partition coefficient (Wildman–Crippen LogP) is 3.05. The van der Waals surface area contributed by atoms with Crippen LogP contribution in [0.3, 0.4) is 0 Å². The molecule has 1 aromatic carbocycles. The third-order valence-corrected chi connectivity index (χ3v) is 3.16. The number of aryl methyl sites for hydroxylation is 1. The molecular formula is C16H17NO3. The lowest BCUT2D eigenvalue weighted by Crippen LogP contribution is -2.20. The first-order valence-electron chi connectivity index (χ1n) is 6.57. The molecule has 20 heavy (non-hydrogen) atoms. The van der Waals surface area contributed by atoms with Crippen LogP contribution in [0, 0.1) is 6.92 Å². The monoisotopic (exact) mass is 271 g/mol. The zero-order valence-corrected chi connectivity index (χ0v) is 11.3. The normalized spacial score (nSPS) is 15.8. The van der Waals surface area contributed by atoms with Crippen molar-refractivity contribution >= 4 is 17.3 Å². The van der Waals surface area contributed by atoms with Crippen molar-refractivity contribution in [1.29, 1.82) is 0 Å². The fraction of sp³-hybridized carbons (Fsp3) is 0.250. The minimum atomic E-state index is -0.279. The van der Waals surface area contributed by atoms with Gasteiger partial charge in [-0.15, -0.1) is 0 Å². The molecule has 1 aliphatic carbocycles. The van der Waals surface area contributed by atoms with E-state index in [2.05, 4.69) is 5.32 Å². The van der Waals surface area contributed by atoms with E-state index in [4.69, 9.17) is 0 Å². The SMILES string of the molecule is Cc1ccc(N/C=C\C(O)=C2C(=O)CCCC2=O)cc1. The van der Waals surface area contributed by atoms with E-state index in [1.807, 2.05) is 31.2 Å². The van der Waals surface area contributed by atoms with Crippen molar-refractivity contribution in [1.82, 2.24) is 0 Å². The topological polar surface area (TPSA) is 66.4 Å². The standard InChI is InChI=1S/C16H17NO3/c1-11-5-7-12(8-6-11)17-10-9-15(20)16-13(18)3-2-4-14(16)19/h5-10,17,20H,2-4H2,1H3/b10-9-. The fourth-order valence-electron chi connectivity index (χ4n) is 2.05. The second-order valence-corrected chi connectivity index (χ2v) is 4.80. The highest BCUT2D eigenvalue weighted by Crippen LogP contribution is 2.19. The van der Waals surface area contributed by atoms with Crippen LogP contribution in [-0.4, -0.2) is 16.7 Å². The Hall–Kier alpha value is -2.36. The molecule has 0 unspecified atom stereocenters. The molecule has 2 rings (SSSR count). The van der Waals surface area contributed by atoms with E-state index in [0.29, 0.717) is 19.3 Å². The van der Waals surface area contributed by atoms with E-state index in [0.717, 1.165) is 11.3 Å². The van der Waals surface area contributed by atoms with Crippen LogP contribution in [-0.2, 0) is 9.59 Å². The molecule has 1 aliphatic rings. The number of anilines is 1. The van der Waals surface area contributed by atoms with E-state index in [1.54, 1.807) is 0 Å². The third kappa shape index (κ3) is 3.35. The van der Waals surface area contributed by atoms with Gasteiger partial charge in [0.1, 0.15) is 11.3 Å². The molecule has 0 saturated heterocycles. The summed E-state index contributed by atoms with van der Waals surface area (Å²) in [6, 6.07) is 7.73. The summed E-state index contributed by atoms with van der Waals surface area (Å²) >= 11 is 0. The van der Waals surface area contributed by atoms with Crippen molar-refractivity contribution < 1.29 is 14.7 Å². The minimum absolute atomic E-state index is 0.0711. The Morgan fingerprint density at radius 2 is 1.75 bits per heavy atom. The van der Waals surface area contributed by atoms with Gasteiger partial charge in [-0.2, -0.15) is 0 Å². The van der Waals surface area contributed by atoms with Crippen LogP contribution in [0.4, 0.5) is 5.69 Å². The molecule has 1 saturated carbocycles. The number of carbonyl (C=O) groups is 2. The van der Waals surface area contributed by atoms with Crippen molar-refractivity contribution in [2.24, 2.45) is 0 Å². The van der Waals surface area contributed by atoms with Crippen molar-refractivity contribution in [2.75, 3.05) is 5.32 Å². The van der Waals surface area contributed by atoms with Crippen molar-refractivity contribution in [3.8, 4) is 0 Å². The Bertz CT molecular complexity index is 564. The first-order valence-corrected chi connectivity index (χ1v) is 6.57. The number of hydrogen-bond donors (Lipinski definition) is 2. The number of nitrogens with one attached hydrogen (secondary N) is 1. The number of hydrogen-bond acceptors (Lipinski definition) is 4. The minimum Gasteiger partial charge on any atom is -0.507 e. The van der Waals surface area contributed by atoms with Gasteiger partial charge in [-0.1, -0.05) is 17.7 Å². The van der Waals surface area contributed by atoms with Crippen molar-refractivity contribution in [2.45, 2.75) is 26.2 Å². The molecular weight excluding hydrogens is 254 g/mol. The second-order valence-electron chi connectivity index (χ2n) is 4.80. The molecule has 4 heteroatoms. The van der Waals surface area contributed by atoms with Crippen molar-refractivity contribution in [3.05, 3.63) is 53.4 Å². The summed E-state index contributed by atoms with van der Waals surface area (Å²) in [5.74, 6) is -0.822. The van der Waals surface area contributed by atoms with Gasteiger partial charge in [-0.25, -0.2) is 0 Å². The molecule has 0 aliphatic heterocycles. The zero-order chi connectivity index (χ0) is 14.5. The number of Topliss-reactive ketones (excluding diaryl/α,β-unsaturated/α-hetero) is 2. The predicted molar refractivity (Wildman–Crippen MR) is 77.5 cm³/mol. The van der Waals surface area contributed by atoms with E-state index in [-0.39, 0.29) is 22.9 Å². The largest absolute Gasteiger partial charge is 0.507 e. The number of ketones is 2. The van der Waals surface area contributed by atoms with Crippen LogP contribution < -0.4 is 5.32 Å². The van der Waals surface area contributed by atoms with Gasteiger partial charge in [0.25, 0.3) is 0 Å². The number of rotatable bonds is 3. The molecule has 0 heterocycles. The Labute approximate surface area is 117 Å². The van der Waals surface area contributed by atoms with Gasteiger partial charge in [0.15, 0.2) is 11.6 Å². The Morgan fingerprint density at radius 3 is 2.35 bits per heavy atom. The van der Waals surface area contributed by atoms with Gasteiger partial charge in [-0.05, 0) is 31.6 Å². The van der Waals surface area contributed by atoms with E-state index in [9.17, 15) is 14.7 Å². The number of benzene rings is 1. The summed E-state index contributed by atoms with van der Waals surface area (Å²) in [5.41, 5.74) is 1.95. The first kappa shape index (κ1) is 14.1. The molecule has 0 aromatic heterocycles. The number of aliphatic hydroxyl groups excluding tert-OH is 1. The molecule has 0 atom stereocenters. The Balaban J connectivity index is 2.08. The Kier molecular flexibility index (Phi) is 4.35. The van der Waals surface area contributed by atoms with Crippen LogP contribution in [0.25, 0.3) is 0 Å². The summed E-state index contributed by atoms with van der Waals surface area (Å²) in [5, 5.41) is 12.8. The summed E-state index contributed by atoms with van der Waals surface area (Å²) in [4.78, 5) is 23.2. The smallest absolute Gasteiger partial charge is 0.170 e. The molecule has 1 fully saturated rings. The molecule has 104 valence electrons. The van der Waals surface area contributed by atoms with Crippen LogP contribution >= 0.6 is 0 Å². The van der Waals surface area contributed by atoms with Gasteiger partial charge in [-0.3, -0.25) is 9.59 Å². The van der Waals surface area contributed by atoms with Crippen LogP contribution in [0.1, 0.15) is 24.8 Å². The first-order chi connectivity index (χ1) is 9.58. The second kappa shape index (κ2) is 6.19. The van der Waals surface area contributed by atoms with E-state index < -0.39 is 0 Å². The maximum Gasteiger partial charge on any atom is 0.170 e. The number of allylic oxidation sites excluding steroid dienone is 2. The summed E-state index contributed by atoms with van der Waals surface area (Å²) < 4.78 is 0. The highest BCUT2D eigenvalue weighted by Gasteiger charge is 2.25. The van der Waals surface area contributed by atoms with Gasteiger partial charge in [0.2, 0.25) is 0 Å². The van der Waals surface area contributed by atoms with Crippen molar-refractivity contribution in [3.63, 3.8) is 0 Å². The average molecular weight is 271 g/mol. The lowest BCUT2D eigenvalue weighted by molar-refractivity contribution is -0.124. The molecule has 2 N–H and O–H groups in total. The summed E-state index contributed by atoms with van der Waals surface area (Å²) in [6.07, 6.45) is 4.08. The number of aliphatic hydroxyl groups is 1. The fourth-order valence-corrected chi connectivity index (χ4v) is 2.05. The third-order valence-electron chi connectivity index (χ3n) is 3.16. The van der Waals surface area contributed by atoms with Crippen LogP contribution in [0.2, 0.25) is 0 Å². The van der Waals surface area contributed by atoms with E-state index in [1.165, 1.54) is 12.3 Å². The molecule has 0 bridgehead atoms. The lowest BCUT2D eigenvalue weighted by Gasteiger charge is -2.12. The van der Waals surface area contributed by atoms with Gasteiger partial charge < -0.3 is 10.4 Å². The van der Waals surface area contributed by atoms with E-state index >= 15 is 0 Å². The van der Waals surface area contributed by atoms with Gasteiger partial charge in [0.05, 0.1) is 0 Å². The highest BCUT2D eigenvalue weighted by atomic mass is 16.3. The average Bonchev–Trinajstić information content (AvgIpc) is 2.41. The lowest BCUT2D eigenvalue weighted by atomic mass is 9.91. The van der Waals surface area contributed by atoms with Crippen LogP contribution in [0.15, 0.2) is 47.9 Å². The molecule has 0 radical (unpaired) electrons. The highest BCUT2D eigenvalue weighted by molar-refractivity contribution is 6.22. The Morgan fingerprint density at radius 1 is 1.15 bits per heavy atom. The number of carbonyl (C=O) groups excluding carboxylic acids is 2. The molecule has 1 aromatic rings. The summed E-state index contributed by atoms with van der Waals surface area (Å²) in [6.45, 7) is 2.00. The van der Waals surface area contributed by atoms with Gasteiger partial charge >= 0.3 is 0 Å². The summed E-state index contributed by atoms with van der Waals surface area (Å²) in [7, 11) is 0. The maximum atomic E-state index is 11.6. The molecule has 0 amide bonds. The molecule has 4 nitrogen and oxygen atoms in total. The van der Waals surface area contributed by atoms with Crippen LogP contribution in [0.5, 0.6) is 0 Å². The maximum absolute atomic E-state index is 11.6. The van der Waals surface area contributed by atoms with Gasteiger partial charge in [0, 0.05) is 24.7 Å². The molecule has 0 spiro atoms.